The molecule has 78 valence electrons. The van der Waals surface area contributed by atoms with Crippen molar-refractivity contribution in [2.24, 2.45) is 0 Å². The van der Waals surface area contributed by atoms with Gasteiger partial charge in [0, 0.05) is 29.4 Å². The smallest absolute Gasteiger partial charge is 0.275 e. The average Bonchev–Trinajstić information content (AvgIpc) is 1.99. The van der Waals surface area contributed by atoms with Crippen molar-refractivity contribution in [2.45, 2.75) is 6.42 Å². The van der Waals surface area contributed by atoms with Gasteiger partial charge in [0.05, 0.1) is 0 Å². The number of nitrogens with one attached hydrogen (secondary N) is 1. The van der Waals surface area contributed by atoms with Crippen LogP contribution in [-0.2, 0) is 15.6 Å². The monoisotopic (exact) mass is 243 g/mol. The lowest BCUT2D eigenvalue weighted by molar-refractivity contribution is 0.261. The Hall–Kier alpha value is -0.0100. The molecule has 0 aromatic heterocycles. The fraction of sp³-hybridized carbons (Fsp3) is 0.667. The van der Waals surface area contributed by atoms with Crippen LogP contribution in [-0.4, -0.2) is 33.6 Å². The predicted octanol–water partition coefficient (Wildman–Crippen LogP) is 0.501. The van der Waals surface area contributed by atoms with Crippen LogP contribution in [0.2, 0.25) is 0 Å². The van der Waals surface area contributed by atoms with E-state index in [1.807, 2.05) is 0 Å². The van der Waals surface area contributed by atoms with E-state index >= 15 is 0 Å². The highest BCUT2D eigenvalue weighted by Gasteiger charge is 1.92. The summed E-state index contributed by atoms with van der Waals surface area (Å²) in [6.07, 6.45) is 2.39. The van der Waals surface area contributed by atoms with Crippen molar-refractivity contribution in [3.05, 3.63) is 0 Å². The van der Waals surface area contributed by atoms with Gasteiger partial charge >= 0.3 is 0 Å². The minimum absolute atomic E-state index is 0.332. The van der Waals surface area contributed by atoms with Gasteiger partial charge in [-0.1, -0.05) is 12.6 Å². The quantitative estimate of drug-likeness (QED) is 0.383. The molecule has 0 radical (unpaired) electrons. The Bertz CT molecular complexity index is 159. The van der Waals surface area contributed by atoms with E-state index in [9.17, 15) is 9.00 Å². The maximum Gasteiger partial charge on any atom is 0.275 e. The van der Waals surface area contributed by atoms with E-state index in [2.05, 4.69) is 30.6 Å². The molecular formula is C6H13NO3S3. The zero-order chi connectivity index (χ0) is 10.7. The van der Waals surface area contributed by atoms with Crippen LogP contribution in [0.5, 0.6) is 0 Å². The van der Waals surface area contributed by atoms with Gasteiger partial charge < -0.3 is 5.32 Å². The Morgan fingerprint density at radius 2 is 2.08 bits per heavy atom. The first-order chi connectivity index (χ1) is 6.04. The number of carbonyl (C=O) groups is 2. The molecule has 0 aromatic rings. The molecule has 0 bridgehead atoms. The van der Waals surface area contributed by atoms with Crippen LogP contribution < -0.4 is 5.32 Å². The Kier molecular flexibility index (Phi) is 14.3. The second-order valence-electron chi connectivity index (χ2n) is 1.97. The summed E-state index contributed by atoms with van der Waals surface area (Å²) in [6.45, 7) is 0.557. The summed E-state index contributed by atoms with van der Waals surface area (Å²) in [5.41, 5.74) is 0.444. The molecule has 0 saturated heterocycles. The molecule has 1 amide bonds. The third-order valence-corrected chi connectivity index (χ3v) is 1.91. The molecule has 0 aliphatic rings. The van der Waals surface area contributed by atoms with Crippen LogP contribution >= 0.6 is 25.3 Å². The van der Waals surface area contributed by atoms with Gasteiger partial charge in [-0.2, -0.15) is 0 Å². The van der Waals surface area contributed by atoms with Crippen LogP contribution in [0.4, 0.5) is 4.79 Å². The Labute approximate surface area is 91.1 Å². The average molecular weight is 243 g/mol. The van der Waals surface area contributed by atoms with Crippen LogP contribution in [0.1, 0.15) is 6.42 Å². The first-order valence-electron chi connectivity index (χ1n) is 3.39. The molecule has 1 unspecified atom stereocenters. The van der Waals surface area contributed by atoms with Crippen molar-refractivity contribution >= 4 is 46.9 Å². The summed E-state index contributed by atoms with van der Waals surface area (Å²) in [6, 6.07) is 0. The van der Waals surface area contributed by atoms with E-state index in [4.69, 9.17) is 4.79 Å². The van der Waals surface area contributed by atoms with Crippen molar-refractivity contribution in [3.63, 3.8) is 0 Å². The summed E-state index contributed by atoms with van der Waals surface area (Å²) in [5.74, 6) is 0.633. The van der Waals surface area contributed by atoms with Gasteiger partial charge in [0.15, 0.2) is 5.62 Å². The molecule has 0 rings (SSSR count). The summed E-state index contributed by atoms with van der Waals surface area (Å²) in [5, 5.41) is 2.16. The van der Waals surface area contributed by atoms with Crippen molar-refractivity contribution in [1.29, 1.82) is 0 Å². The van der Waals surface area contributed by atoms with Crippen molar-refractivity contribution < 1.29 is 13.8 Å². The van der Waals surface area contributed by atoms with Gasteiger partial charge in [-0.25, -0.2) is 0 Å². The van der Waals surface area contributed by atoms with Gasteiger partial charge in [0.2, 0.25) is 0 Å². The van der Waals surface area contributed by atoms with Crippen LogP contribution in [0.25, 0.3) is 0 Å². The highest BCUT2D eigenvalue weighted by Crippen LogP contribution is 1.82. The second kappa shape index (κ2) is 12.0. The van der Waals surface area contributed by atoms with E-state index in [-0.39, 0.29) is 5.24 Å². The lowest BCUT2D eigenvalue weighted by Gasteiger charge is -1.97. The number of thiol groups is 2. The summed E-state index contributed by atoms with van der Waals surface area (Å²) in [4.78, 5) is 18.8. The maximum absolute atomic E-state index is 10.5. The first-order valence-corrected chi connectivity index (χ1v) is 6.08. The normalized spacial score (nSPS) is 10.7. The van der Waals surface area contributed by atoms with Crippen molar-refractivity contribution in [3.8, 4) is 0 Å². The number of hydrogen-bond donors (Lipinski definition) is 3. The molecule has 13 heavy (non-hydrogen) atoms. The summed E-state index contributed by atoms with van der Waals surface area (Å²) in [7, 11) is -0.757. The highest BCUT2D eigenvalue weighted by molar-refractivity contribution is 7.96. The number of hydrogen-bond acceptors (Lipinski definition) is 3. The van der Waals surface area contributed by atoms with E-state index in [1.54, 1.807) is 6.26 Å². The molecular weight excluding hydrogens is 230 g/mol. The Balaban J connectivity index is 0. The lowest BCUT2D eigenvalue weighted by Crippen LogP contribution is -2.19. The SMILES string of the molecule is CS(=O)CCCNC(=O)S.O=CS. The topological polar surface area (TPSA) is 63.2 Å². The van der Waals surface area contributed by atoms with Gasteiger partial charge in [-0.15, -0.1) is 12.6 Å². The molecule has 1 N–H and O–H groups in total. The number of rotatable bonds is 4. The predicted molar refractivity (Wildman–Crippen MR) is 61.7 cm³/mol. The van der Waals surface area contributed by atoms with E-state index in [0.717, 1.165) is 6.42 Å². The van der Waals surface area contributed by atoms with Crippen LogP contribution in [0.3, 0.4) is 0 Å². The molecule has 0 aliphatic carbocycles. The molecule has 0 aliphatic heterocycles. The maximum atomic E-state index is 10.5. The summed E-state index contributed by atoms with van der Waals surface area (Å²) >= 11 is 6.60. The van der Waals surface area contributed by atoms with E-state index in [1.165, 1.54) is 0 Å². The lowest BCUT2D eigenvalue weighted by atomic mass is 10.5. The molecule has 0 spiro atoms. The van der Waals surface area contributed by atoms with Crippen LogP contribution in [0, 0.1) is 0 Å². The Morgan fingerprint density at radius 1 is 1.62 bits per heavy atom. The van der Waals surface area contributed by atoms with Gasteiger partial charge in [-0.3, -0.25) is 13.8 Å². The van der Waals surface area contributed by atoms with Gasteiger partial charge in [0.25, 0.3) is 5.24 Å². The molecule has 0 saturated carbocycles. The van der Waals surface area contributed by atoms with E-state index in [0.29, 0.717) is 17.9 Å². The Morgan fingerprint density at radius 3 is 2.38 bits per heavy atom. The number of amides is 1. The molecule has 4 nitrogen and oxygen atoms in total. The molecule has 0 aromatic carbocycles. The molecule has 7 heteroatoms. The zero-order valence-corrected chi connectivity index (χ0v) is 9.83. The second-order valence-corrected chi connectivity index (χ2v) is 4.14. The third-order valence-electron chi connectivity index (χ3n) is 0.885. The third kappa shape index (κ3) is 24.5. The minimum atomic E-state index is -0.757. The standard InChI is InChI=1S/C5H11NO2S2.CH2OS/c1-10(8)4-2-3-6-5(7)9;2-1-3/h2-4H2,1H3,(H2,6,7,9);1H,(H,2,3). The van der Waals surface area contributed by atoms with Crippen molar-refractivity contribution in [2.75, 3.05) is 18.6 Å². The van der Waals surface area contributed by atoms with Crippen LogP contribution in [0.15, 0.2) is 0 Å². The minimum Gasteiger partial charge on any atom is -0.347 e. The molecule has 0 fully saturated rings. The molecule has 1 atom stereocenters. The van der Waals surface area contributed by atoms with E-state index < -0.39 is 10.8 Å². The zero-order valence-electron chi connectivity index (χ0n) is 7.23. The highest BCUT2D eigenvalue weighted by atomic mass is 32.2. The largest absolute Gasteiger partial charge is 0.347 e. The summed E-state index contributed by atoms with van der Waals surface area (Å²) < 4.78 is 10.5. The fourth-order valence-electron chi connectivity index (χ4n) is 0.471. The fourth-order valence-corrected chi connectivity index (χ4v) is 1.13. The van der Waals surface area contributed by atoms with Gasteiger partial charge in [-0.05, 0) is 6.42 Å². The number of carbonyl (C=O) groups excluding carboxylic acids is 2. The molecule has 0 heterocycles. The van der Waals surface area contributed by atoms with Crippen molar-refractivity contribution in [1.82, 2.24) is 5.32 Å². The van der Waals surface area contributed by atoms with Gasteiger partial charge in [0.1, 0.15) is 0 Å². The first kappa shape index (κ1) is 15.5.